The minimum Gasteiger partial charge on any atom is -0.335 e. The monoisotopic (exact) mass is 111 g/mol. The number of hydrogen-bond donors (Lipinski definition) is 0. The maximum atomic E-state index is 9.27. The van der Waals surface area contributed by atoms with Crippen molar-refractivity contribution in [3.05, 3.63) is 0 Å². The molecule has 0 aliphatic heterocycles. The standard InChI is InChI=1S/CClO2S/c2-4-1(3)5. The molecule has 29 valence electrons. The molecule has 0 fully saturated rings. The van der Waals surface area contributed by atoms with Crippen molar-refractivity contribution in [2.45, 2.75) is 0 Å². The van der Waals surface area contributed by atoms with Crippen LogP contribution in [0, 0.1) is 0 Å². The van der Waals surface area contributed by atoms with E-state index < -0.39 is 5.30 Å². The van der Waals surface area contributed by atoms with Crippen LogP contribution in [0.25, 0.3) is 0 Å². The predicted octanol–water partition coefficient (Wildman–Crippen LogP) is 1.47. The van der Waals surface area contributed by atoms with Crippen molar-refractivity contribution in [1.29, 1.82) is 0 Å². The van der Waals surface area contributed by atoms with Gasteiger partial charge in [-0.05, 0) is 0 Å². The van der Waals surface area contributed by atoms with Crippen molar-refractivity contribution in [3.63, 3.8) is 0 Å². The molecule has 0 aliphatic rings. The van der Waals surface area contributed by atoms with E-state index in [1.165, 1.54) is 0 Å². The Kier molecular flexibility index (Phi) is 2.22. The summed E-state index contributed by atoms with van der Waals surface area (Å²) in [7, 11) is 0. The van der Waals surface area contributed by atoms with Gasteiger partial charge in [0.2, 0.25) is 0 Å². The van der Waals surface area contributed by atoms with Crippen LogP contribution in [0.4, 0.5) is 4.79 Å². The fourth-order valence-electron chi connectivity index (χ4n) is 0. The molecule has 0 aromatic heterocycles. The van der Waals surface area contributed by atoms with Gasteiger partial charge in [0.1, 0.15) is 11.9 Å². The largest absolute Gasteiger partial charge is 0.418 e. The molecule has 0 amide bonds. The molecule has 2 nitrogen and oxygen atoms in total. The minimum atomic E-state index is -0.897. The van der Waals surface area contributed by atoms with Crippen molar-refractivity contribution in [2.24, 2.45) is 0 Å². The van der Waals surface area contributed by atoms with Gasteiger partial charge in [0.15, 0.2) is 0 Å². The lowest BCUT2D eigenvalue weighted by Crippen LogP contribution is -1.73. The molecule has 0 aromatic carbocycles. The molecule has 0 heterocycles. The molecule has 0 bridgehead atoms. The summed E-state index contributed by atoms with van der Waals surface area (Å²) >= 11 is 8.17. The molecular formula is CClO2S. The second-order valence-corrected chi connectivity index (χ2v) is 0.815. The Labute approximate surface area is 39.6 Å². The highest BCUT2D eigenvalue weighted by atomic mass is 35.5. The van der Waals surface area contributed by atoms with Gasteiger partial charge in [-0.3, -0.25) is 0 Å². The molecule has 0 spiro atoms. The second-order valence-electron chi connectivity index (χ2n) is 0.327. The summed E-state index contributed by atoms with van der Waals surface area (Å²) in [5.41, 5.74) is 0. The molecular weight excluding hydrogens is 112 g/mol. The lowest BCUT2D eigenvalue weighted by molar-refractivity contribution is 0.231. The van der Waals surface area contributed by atoms with Gasteiger partial charge in [0.25, 0.3) is 0 Å². The molecule has 5 heavy (non-hydrogen) atoms. The molecule has 1 radical (unpaired) electrons. The van der Waals surface area contributed by atoms with Gasteiger partial charge in [-0.25, -0.2) is 4.79 Å². The van der Waals surface area contributed by atoms with Crippen molar-refractivity contribution in [2.75, 3.05) is 0 Å². The molecule has 0 atom stereocenters. The maximum Gasteiger partial charge on any atom is 0.418 e. The van der Waals surface area contributed by atoms with E-state index in [0.717, 1.165) is 0 Å². The van der Waals surface area contributed by atoms with E-state index in [4.69, 9.17) is 0 Å². The van der Waals surface area contributed by atoms with Crippen molar-refractivity contribution >= 4 is 29.8 Å². The molecule has 4 heteroatoms. The highest BCUT2D eigenvalue weighted by molar-refractivity contribution is 7.96. The van der Waals surface area contributed by atoms with Crippen LogP contribution in [-0.4, -0.2) is 5.30 Å². The molecule has 0 saturated heterocycles. The molecule has 0 aromatic rings. The van der Waals surface area contributed by atoms with Crippen LogP contribution in [0.15, 0.2) is 0 Å². The van der Waals surface area contributed by atoms with Crippen molar-refractivity contribution < 1.29 is 9.08 Å². The van der Waals surface area contributed by atoms with Crippen LogP contribution < -0.4 is 0 Å². The Balaban J connectivity index is 2.85. The third kappa shape index (κ3) is 3.98. The molecule has 0 rings (SSSR count). The normalized spacial score (nSPS) is 6.60. The zero-order valence-corrected chi connectivity index (χ0v) is 3.68. The van der Waals surface area contributed by atoms with E-state index in [1.54, 1.807) is 0 Å². The summed E-state index contributed by atoms with van der Waals surface area (Å²) in [6.45, 7) is 0. The fourth-order valence-corrected chi connectivity index (χ4v) is 0. The summed E-state index contributed by atoms with van der Waals surface area (Å²) in [6.07, 6.45) is 0. The zero-order chi connectivity index (χ0) is 4.28. The van der Waals surface area contributed by atoms with Gasteiger partial charge in [0.05, 0.1) is 0 Å². The third-order valence-electron chi connectivity index (χ3n) is 0.0630. The maximum absolute atomic E-state index is 9.27. The van der Waals surface area contributed by atoms with Gasteiger partial charge in [-0.1, -0.05) is 0 Å². The van der Waals surface area contributed by atoms with Crippen LogP contribution in [-0.2, 0) is 4.29 Å². The summed E-state index contributed by atoms with van der Waals surface area (Å²) in [5.74, 6) is 0. The summed E-state index contributed by atoms with van der Waals surface area (Å²) in [6, 6.07) is 0. The van der Waals surface area contributed by atoms with E-state index in [2.05, 4.69) is 28.8 Å². The van der Waals surface area contributed by atoms with Gasteiger partial charge in [-0.2, -0.15) is 0 Å². The Bertz CT molecular complexity index is 44.9. The Hall–Kier alpha value is -0.0200. The quantitative estimate of drug-likeness (QED) is 0.473. The fraction of sp³-hybridized carbons (Fsp3) is 0. The van der Waals surface area contributed by atoms with E-state index in [9.17, 15) is 4.79 Å². The van der Waals surface area contributed by atoms with Gasteiger partial charge < -0.3 is 4.29 Å². The van der Waals surface area contributed by atoms with E-state index in [0.29, 0.717) is 0 Å². The predicted molar refractivity (Wildman–Crippen MR) is 19.9 cm³/mol. The summed E-state index contributed by atoms with van der Waals surface area (Å²) in [4.78, 5) is 9.27. The average molecular weight is 112 g/mol. The Morgan fingerprint density at radius 2 is 2.20 bits per heavy atom. The van der Waals surface area contributed by atoms with Crippen molar-refractivity contribution in [3.8, 4) is 0 Å². The first-order valence-corrected chi connectivity index (χ1v) is 1.48. The molecule has 0 saturated carbocycles. The van der Waals surface area contributed by atoms with Gasteiger partial charge in [0, 0.05) is 12.6 Å². The first kappa shape index (κ1) is 4.98. The lowest BCUT2D eigenvalue weighted by atomic mass is 11.6. The zero-order valence-electron chi connectivity index (χ0n) is 2.10. The Morgan fingerprint density at radius 3 is 2.20 bits per heavy atom. The minimum absolute atomic E-state index is 0.897. The SMILES string of the molecule is O=C([S])OCl. The van der Waals surface area contributed by atoms with E-state index >= 15 is 0 Å². The summed E-state index contributed by atoms with van der Waals surface area (Å²) in [5, 5.41) is -0.897. The molecule has 0 N–H and O–H groups in total. The second kappa shape index (κ2) is 2.23. The Morgan fingerprint density at radius 1 is 2.00 bits per heavy atom. The number of carbonyl (C=O) groups excluding carboxylic acids is 1. The smallest absolute Gasteiger partial charge is 0.335 e. The first-order valence-electron chi connectivity index (χ1n) is 0.767. The van der Waals surface area contributed by atoms with E-state index in [1.807, 2.05) is 0 Å². The average Bonchev–Trinajstić information content (AvgIpc) is 1.38. The van der Waals surface area contributed by atoms with Gasteiger partial charge in [-0.15, -0.1) is 0 Å². The third-order valence-corrected chi connectivity index (χ3v) is 0.378. The van der Waals surface area contributed by atoms with Crippen molar-refractivity contribution in [1.82, 2.24) is 0 Å². The van der Waals surface area contributed by atoms with Crippen LogP contribution in [0.1, 0.15) is 0 Å². The number of rotatable bonds is 0. The van der Waals surface area contributed by atoms with Crippen LogP contribution in [0.2, 0.25) is 0 Å². The number of hydrogen-bond acceptors (Lipinski definition) is 2. The topological polar surface area (TPSA) is 26.3 Å². The highest BCUT2D eigenvalue weighted by Gasteiger charge is 1.84. The van der Waals surface area contributed by atoms with Crippen LogP contribution in [0.3, 0.4) is 0 Å². The summed E-state index contributed by atoms with van der Waals surface area (Å²) < 4.78 is 3.40. The van der Waals surface area contributed by atoms with E-state index in [-0.39, 0.29) is 0 Å². The molecule has 0 unspecified atom stereocenters. The molecule has 0 aliphatic carbocycles. The highest BCUT2D eigenvalue weighted by Crippen LogP contribution is 1.86. The van der Waals surface area contributed by atoms with Gasteiger partial charge >= 0.3 is 5.30 Å². The number of carbonyl (C=O) groups is 1. The lowest BCUT2D eigenvalue weighted by Gasteiger charge is -1.71. The van der Waals surface area contributed by atoms with Crippen LogP contribution in [0.5, 0.6) is 0 Å². The first-order chi connectivity index (χ1) is 2.27. The number of halogens is 1. The van der Waals surface area contributed by atoms with Crippen LogP contribution >= 0.6 is 24.5 Å².